The number of aldehydes is 2. The minimum Gasteiger partial charge on any atom is -0.397 e. The molecule has 45 heavy (non-hydrogen) atoms. The molecule has 0 aliphatic heterocycles. The average Bonchev–Trinajstić information content (AvgIpc) is 3.07. The van der Waals surface area contributed by atoms with Gasteiger partial charge in [-0.3, -0.25) is 9.59 Å². The second kappa shape index (κ2) is 27.4. The number of aryl methyl sites for hydroxylation is 1. The maximum Gasteiger partial charge on any atom is 0.147 e. The molecule has 6 nitrogen and oxygen atoms in total. The van der Waals surface area contributed by atoms with Gasteiger partial charge in [0.05, 0.1) is 13.2 Å². The molecule has 1 fully saturated rings. The summed E-state index contributed by atoms with van der Waals surface area (Å²) in [4.78, 5) is 18.5. The molecule has 0 bridgehead atoms. The van der Waals surface area contributed by atoms with E-state index in [1.165, 1.54) is 79.7 Å². The molecule has 2 aromatic rings. The average molecular weight is 625 g/mol. The molecule has 0 aromatic heterocycles. The van der Waals surface area contributed by atoms with Gasteiger partial charge in [-0.1, -0.05) is 88.4 Å². The third kappa shape index (κ3) is 20.0. The Labute approximate surface area is 273 Å². The Bertz CT molecular complexity index is 1010. The summed E-state index contributed by atoms with van der Waals surface area (Å²) in [5.41, 5.74) is 5.82. The summed E-state index contributed by atoms with van der Waals surface area (Å²) in [5.74, 6) is 2.62. The van der Waals surface area contributed by atoms with Gasteiger partial charge in [0.25, 0.3) is 0 Å². The highest BCUT2D eigenvalue weighted by Gasteiger charge is 2.23. The fourth-order valence-corrected chi connectivity index (χ4v) is 5.28. The van der Waals surface area contributed by atoms with Gasteiger partial charge in [0.2, 0.25) is 0 Å². The zero-order valence-corrected chi connectivity index (χ0v) is 28.3. The van der Waals surface area contributed by atoms with Gasteiger partial charge in [-0.2, -0.15) is 0 Å². The van der Waals surface area contributed by atoms with E-state index in [1.54, 1.807) is 14.0 Å². The molecule has 1 atom stereocenters. The van der Waals surface area contributed by atoms with Crippen LogP contribution >= 0.6 is 0 Å². The number of aliphatic hydroxyl groups excluding tert-OH is 3. The van der Waals surface area contributed by atoms with Gasteiger partial charge in [0, 0.05) is 31.8 Å². The number of rotatable bonds is 15. The van der Waals surface area contributed by atoms with E-state index in [0.717, 1.165) is 18.3 Å². The van der Waals surface area contributed by atoms with Crippen LogP contribution < -0.4 is 0 Å². The van der Waals surface area contributed by atoms with Crippen molar-refractivity contribution in [1.82, 2.24) is 0 Å². The Balaban J connectivity index is 0.00000126. The fourth-order valence-electron chi connectivity index (χ4n) is 5.28. The molecule has 3 rings (SSSR count). The minimum absolute atomic E-state index is 0.218. The highest BCUT2D eigenvalue weighted by atomic mass is 16.5. The standard InChI is InChI=1S/C30H44O2.C4H6O2.C3H4O.C2H6O/c1-23(2)5-4-6-24-9-13-27(14-10-24)29-17-19-30(20-18-29)28-15-11-25(12-16-28)7-8-26(21-31)22-32-3;1-4(2-5)3-6;1-2-3-4;1-2-3/h9-10,13-14,17-20,23,25-26,28,31H,4-8,11-12,15-16,21-22H2,1-3H3;2,6H,1,3H2;2-3H,1H2;3H,2H2,1H3. The highest BCUT2D eigenvalue weighted by molar-refractivity contribution is 5.72. The third-order valence-electron chi connectivity index (χ3n) is 7.87. The minimum atomic E-state index is -0.233. The number of carbonyl (C=O) groups is 2. The van der Waals surface area contributed by atoms with Gasteiger partial charge in [-0.15, -0.1) is 0 Å². The SMILES string of the molecule is C=C(C=O)CO.C=CC=O.CCO.COCC(CO)CCC1CCC(c2ccc(-c3ccc(CCCC(C)C)cc3)cc2)CC1. The molecule has 2 aromatic carbocycles. The second-order valence-electron chi connectivity index (χ2n) is 12.0. The second-order valence-corrected chi connectivity index (χ2v) is 12.0. The zero-order chi connectivity index (χ0) is 33.9. The maximum atomic E-state index is 9.48. The Morgan fingerprint density at radius 1 is 0.933 bits per heavy atom. The van der Waals surface area contributed by atoms with E-state index in [2.05, 4.69) is 75.5 Å². The molecule has 1 unspecified atom stereocenters. The number of hydrogen-bond acceptors (Lipinski definition) is 6. The van der Waals surface area contributed by atoms with E-state index in [0.29, 0.717) is 31.0 Å². The molecule has 0 saturated heterocycles. The molecular formula is C39H60O6. The van der Waals surface area contributed by atoms with Crippen LogP contribution in [0.2, 0.25) is 0 Å². The predicted octanol–water partition coefficient (Wildman–Crippen LogP) is 7.74. The molecule has 1 aliphatic rings. The van der Waals surface area contributed by atoms with Crippen molar-refractivity contribution in [1.29, 1.82) is 0 Å². The molecule has 0 radical (unpaired) electrons. The lowest BCUT2D eigenvalue weighted by Crippen LogP contribution is -2.17. The topological polar surface area (TPSA) is 104 Å². The molecular weight excluding hydrogens is 564 g/mol. The van der Waals surface area contributed by atoms with Crippen LogP contribution in [0, 0.1) is 17.8 Å². The Morgan fingerprint density at radius 2 is 1.47 bits per heavy atom. The lowest BCUT2D eigenvalue weighted by Gasteiger charge is -2.29. The van der Waals surface area contributed by atoms with Crippen LogP contribution in [0.5, 0.6) is 0 Å². The van der Waals surface area contributed by atoms with Gasteiger partial charge < -0.3 is 20.1 Å². The van der Waals surface area contributed by atoms with Crippen LogP contribution in [0.25, 0.3) is 11.1 Å². The molecule has 0 heterocycles. The van der Waals surface area contributed by atoms with Crippen LogP contribution in [-0.4, -0.2) is 61.4 Å². The largest absolute Gasteiger partial charge is 0.397 e. The molecule has 6 heteroatoms. The quantitative estimate of drug-likeness (QED) is 0.138. The van der Waals surface area contributed by atoms with Crippen LogP contribution in [0.1, 0.15) is 89.2 Å². The van der Waals surface area contributed by atoms with Crippen molar-refractivity contribution in [2.24, 2.45) is 17.8 Å². The van der Waals surface area contributed by atoms with Crippen molar-refractivity contribution in [3.63, 3.8) is 0 Å². The predicted molar refractivity (Wildman–Crippen MR) is 187 cm³/mol. The maximum absolute atomic E-state index is 9.48. The highest BCUT2D eigenvalue weighted by Crippen LogP contribution is 2.38. The molecule has 0 spiro atoms. The smallest absolute Gasteiger partial charge is 0.147 e. The Morgan fingerprint density at radius 3 is 1.87 bits per heavy atom. The van der Waals surface area contributed by atoms with Crippen molar-refractivity contribution in [2.75, 3.05) is 33.5 Å². The molecule has 3 N–H and O–H groups in total. The Hall–Kier alpha value is -2.90. The fraction of sp³-hybridized carbons (Fsp3) is 0.538. The number of aliphatic hydroxyl groups is 3. The first-order valence-electron chi connectivity index (χ1n) is 16.4. The molecule has 1 saturated carbocycles. The van der Waals surface area contributed by atoms with Crippen molar-refractivity contribution in [3.05, 3.63) is 84.5 Å². The lowest BCUT2D eigenvalue weighted by atomic mass is 9.76. The zero-order valence-electron chi connectivity index (χ0n) is 28.3. The Kier molecular flexibility index (Phi) is 25.6. The van der Waals surface area contributed by atoms with Crippen molar-refractivity contribution >= 4 is 12.6 Å². The van der Waals surface area contributed by atoms with Crippen LogP contribution in [0.4, 0.5) is 0 Å². The first-order chi connectivity index (χ1) is 21.7. The molecule has 252 valence electrons. The summed E-state index contributed by atoms with van der Waals surface area (Å²) in [6, 6.07) is 18.5. The van der Waals surface area contributed by atoms with Crippen molar-refractivity contribution in [2.45, 2.75) is 84.5 Å². The van der Waals surface area contributed by atoms with Crippen LogP contribution in [0.3, 0.4) is 0 Å². The van der Waals surface area contributed by atoms with Crippen LogP contribution in [0.15, 0.2) is 73.3 Å². The first kappa shape index (κ1) is 42.1. The van der Waals surface area contributed by atoms with E-state index < -0.39 is 0 Å². The number of hydrogen-bond donors (Lipinski definition) is 3. The first-order valence-corrected chi connectivity index (χ1v) is 16.4. The number of carbonyl (C=O) groups excluding carboxylic acids is 2. The molecule has 1 aliphatic carbocycles. The van der Waals surface area contributed by atoms with Gasteiger partial charge >= 0.3 is 0 Å². The number of ether oxygens (including phenoxy) is 1. The number of methoxy groups -OCH3 is 1. The third-order valence-corrected chi connectivity index (χ3v) is 7.87. The monoisotopic (exact) mass is 624 g/mol. The van der Waals surface area contributed by atoms with Gasteiger partial charge in [0.15, 0.2) is 0 Å². The number of allylic oxidation sites excluding steroid dienone is 1. The van der Waals surface area contributed by atoms with Crippen molar-refractivity contribution in [3.8, 4) is 11.1 Å². The summed E-state index contributed by atoms with van der Waals surface area (Å²) < 4.78 is 5.22. The summed E-state index contributed by atoms with van der Waals surface area (Å²) in [6.07, 6.45) is 13.7. The van der Waals surface area contributed by atoms with Crippen LogP contribution in [-0.2, 0) is 20.7 Å². The van der Waals surface area contributed by atoms with E-state index in [9.17, 15) is 9.90 Å². The summed E-state index contributed by atoms with van der Waals surface area (Å²) in [6.45, 7) is 13.5. The number of benzene rings is 2. The van der Waals surface area contributed by atoms with E-state index >= 15 is 0 Å². The normalized spacial score (nSPS) is 16.0. The van der Waals surface area contributed by atoms with Gasteiger partial charge in [-0.25, -0.2) is 0 Å². The molecule has 0 amide bonds. The van der Waals surface area contributed by atoms with E-state index in [4.69, 9.17) is 19.7 Å². The van der Waals surface area contributed by atoms with Gasteiger partial charge in [0.1, 0.15) is 12.6 Å². The van der Waals surface area contributed by atoms with E-state index in [1.807, 2.05) is 0 Å². The van der Waals surface area contributed by atoms with E-state index in [-0.39, 0.29) is 25.4 Å². The lowest BCUT2D eigenvalue weighted by molar-refractivity contribution is -0.105. The summed E-state index contributed by atoms with van der Waals surface area (Å²) in [7, 11) is 1.73. The van der Waals surface area contributed by atoms with Crippen molar-refractivity contribution < 1.29 is 29.6 Å². The summed E-state index contributed by atoms with van der Waals surface area (Å²) >= 11 is 0. The van der Waals surface area contributed by atoms with Gasteiger partial charge in [-0.05, 0) is 98.0 Å². The summed E-state index contributed by atoms with van der Waals surface area (Å²) in [5, 5.41) is 25.0.